The molecule has 2 heterocycles. The van der Waals surface area contributed by atoms with Crippen molar-refractivity contribution in [3.05, 3.63) is 57.6 Å². The molecule has 1 atom stereocenters. The van der Waals surface area contributed by atoms with E-state index in [-0.39, 0.29) is 35.1 Å². The molecule has 0 aliphatic heterocycles. The molecule has 132 valence electrons. The van der Waals surface area contributed by atoms with Crippen molar-refractivity contribution in [3.8, 4) is 5.88 Å². The number of hydrogen-bond donors (Lipinski definition) is 3. The third-order valence-corrected chi connectivity index (χ3v) is 4.46. The van der Waals surface area contributed by atoms with Gasteiger partial charge in [0.25, 0.3) is 5.91 Å². The van der Waals surface area contributed by atoms with Crippen LogP contribution in [0.3, 0.4) is 0 Å². The Balaban J connectivity index is 1.84. The summed E-state index contributed by atoms with van der Waals surface area (Å²) in [6, 6.07) is 6.00. The number of carbonyl (C=O) groups excluding carboxylic acids is 1. The van der Waals surface area contributed by atoms with Crippen molar-refractivity contribution in [2.75, 3.05) is 7.11 Å². The normalized spacial score (nSPS) is 20.4. The van der Waals surface area contributed by atoms with Crippen molar-refractivity contribution < 1.29 is 14.6 Å². The van der Waals surface area contributed by atoms with Crippen molar-refractivity contribution in [1.29, 1.82) is 0 Å². The summed E-state index contributed by atoms with van der Waals surface area (Å²) in [5.41, 5.74) is 1.46. The van der Waals surface area contributed by atoms with Crippen LogP contribution in [0.4, 0.5) is 0 Å². The van der Waals surface area contributed by atoms with Gasteiger partial charge in [-0.25, -0.2) is 4.98 Å². The summed E-state index contributed by atoms with van der Waals surface area (Å²) in [5.74, 6) is 0.249. The average molecular weight is 343 g/mol. The first-order valence-electron chi connectivity index (χ1n) is 8.16. The Kier molecular flexibility index (Phi) is 4.85. The van der Waals surface area contributed by atoms with E-state index in [0.29, 0.717) is 24.4 Å². The number of hydrogen-bond acceptors (Lipinski definition) is 5. The van der Waals surface area contributed by atoms with Crippen LogP contribution in [0, 0.1) is 12.8 Å². The molecule has 0 unspecified atom stereocenters. The predicted octanol–water partition coefficient (Wildman–Crippen LogP) is 1.33. The molecule has 0 bridgehead atoms. The fourth-order valence-corrected chi connectivity index (χ4v) is 3.10. The second-order valence-electron chi connectivity index (χ2n) is 6.38. The monoisotopic (exact) mass is 343 g/mol. The number of aliphatic hydroxyl groups is 1. The highest BCUT2D eigenvalue weighted by molar-refractivity contribution is 5.92. The molecule has 3 N–H and O–H groups in total. The molecule has 25 heavy (non-hydrogen) atoms. The smallest absolute Gasteiger partial charge is 0.268 e. The van der Waals surface area contributed by atoms with Crippen molar-refractivity contribution >= 4 is 5.91 Å². The summed E-state index contributed by atoms with van der Waals surface area (Å²) in [5, 5.41) is 12.6. The number of amides is 1. The van der Waals surface area contributed by atoms with Gasteiger partial charge in [0.2, 0.25) is 5.88 Å². The van der Waals surface area contributed by atoms with E-state index in [1.54, 1.807) is 19.2 Å². The first kappa shape index (κ1) is 17.2. The highest BCUT2D eigenvalue weighted by Gasteiger charge is 2.36. The second kappa shape index (κ2) is 7.06. The Morgan fingerprint density at radius 1 is 1.40 bits per heavy atom. The lowest BCUT2D eigenvalue weighted by molar-refractivity contribution is 0.0234. The summed E-state index contributed by atoms with van der Waals surface area (Å²) >= 11 is 0. The maximum atomic E-state index is 12.6. The number of carbonyl (C=O) groups is 1. The molecule has 0 aromatic carbocycles. The van der Waals surface area contributed by atoms with E-state index in [1.807, 2.05) is 6.07 Å². The molecule has 1 amide bonds. The van der Waals surface area contributed by atoms with Crippen LogP contribution >= 0.6 is 0 Å². The summed E-state index contributed by atoms with van der Waals surface area (Å²) in [4.78, 5) is 31.3. The number of aliphatic hydroxyl groups excluding tert-OH is 1. The Bertz CT molecular complexity index is 810. The SMILES string of the molecule is COc1ccc([C@@H](NC(=O)c2cc(=O)cc(C)[nH]2)C2CC(O)C2)cn1. The molecule has 0 saturated heterocycles. The van der Waals surface area contributed by atoms with E-state index < -0.39 is 0 Å². The molecule has 2 aromatic heterocycles. The molecule has 0 spiro atoms. The van der Waals surface area contributed by atoms with E-state index in [2.05, 4.69) is 15.3 Å². The van der Waals surface area contributed by atoms with Crippen molar-refractivity contribution in [2.24, 2.45) is 5.92 Å². The zero-order valence-electron chi connectivity index (χ0n) is 14.2. The average Bonchev–Trinajstić information content (AvgIpc) is 2.56. The molecule has 1 saturated carbocycles. The van der Waals surface area contributed by atoms with Crippen molar-refractivity contribution in [3.63, 3.8) is 0 Å². The summed E-state index contributed by atoms with van der Waals surface area (Å²) in [7, 11) is 1.54. The number of aryl methyl sites for hydroxylation is 1. The molecule has 7 nitrogen and oxygen atoms in total. The molecule has 7 heteroatoms. The van der Waals surface area contributed by atoms with Gasteiger partial charge < -0.3 is 20.1 Å². The third kappa shape index (κ3) is 3.88. The van der Waals surface area contributed by atoms with Gasteiger partial charge in [-0.3, -0.25) is 9.59 Å². The molecular weight excluding hydrogens is 322 g/mol. The minimum Gasteiger partial charge on any atom is -0.481 e. The lowest BCUT2D eigenvalue weighted by atomic mass is 9.75. The van der Waals surface area contributed by atoms with Crippen LogP contribution in [0.2, 0.25) is 0 Å². The van der Waals surface area contributed by atoms with E-state index in [1.165, 1.54) is 19.2 Å². The number of rotatable bonds is 5. The van der Waals surface area contributed by atoms with Gasteiger partial charge in [-0.15, -0.1) is 0 Å². The quantitative estimate of drug-likeness (QED) is 0.760. The van der Waals surface area contributed by atoms with Gasteiger partial charge >= 0.3 is 0 Å². The van der Waals surface area contributed by atoms with Crippen LogP contribution in [0.1, 0.15) is 40.6 Å². The maximum absolute atomic E-state index is 12.6. The largest absolute Gasteiger partial charge is 0.481 e. The molecule has 0 radical (unpaired) electrons. The summed E-state index contributed by atoms with van der Waals surface area (Å²) < 4.78 is 5.07. The van der Waals surface area contributed by atoms with Gasteiger partial charge in [-0.2, -0.15) is 0 Å². The third-order valence-electron chi connectivity index (χ3n) is 4.46. The molecule has 3 rings (SSSR count). The second-order valence-corrected chi connectivity index (χ2v) is 6.38. The molecule has 2 aromatic rings. The number of H-pyrrole nitrogens is 1. The number of nitrogens with zero attached hydrogens (tertiary/aromatic N) is 1. The molecule has 1 aliphatic carbocycles. The Labute approximate surface area is 145 Å². The van der Waals surface area contributed by atoms with Gasteiger partial charge in [-0.05, 0) is 31.2 Å². The van der Waals surface area contributed by atoms with Gasteiger partial charge in [0.05, 0.1) is 19.3 Å². The fourth-order valence-electron chi connectivity index (χ4n) is 3.10. The van der Waals surface area contributed by atoms with E-state index >= 15 is 0 Å². The summed E-state index contributed by atoms with van der Waals surface area (Å²) in [6.07, 6.45) is 2.55. The van der Waals surface area contributed by atoms with E-state index in [4.69, 9.17) is 4.74 Å². The van der Waals surface area contributed by atoms with Crippen LogP contribution < -0.4 is 15.5 Å². The molecule has 1 aliphatic rings. The Morgan fingerprint density at radius 3 is 2.72 bits per heavy atom. The lowest BCUT2D eigenvalue weighted by Gasteiger charge is -2.38. The number of methoxy groups -OCH3 is 1. The number of ether oxygens (including phenoxy) is 1. The zero-order chi connectivity index (χ0) is 18.0. The Morgan fingerprint density at radius 2 is 2.16 bits per heavy atom. The lowest BCUT2D eigenvalue weighted by Crippen LogP contribution is -2.41. The standard InChI is InChI=1S/C18H21N3O4/c1-10-5-13(22)8-15(20-10)18(24)21-17(12-6-14(23)7-12)11-3-4-16(25-2)19-9-11/h3-5,8-9,12,14,17,23H,6-7H2,1-2H3,(H,20,22)(H,21,24)/t12?,14?,17-/m1/s1. The van der Waals surface area contributed by atoms with Crippen molar-refractivity contribution in [2.45, 2.75) is 31.9 Å². The maximum Gasteiger partial charge on any atom is 0.268 e. The summed E-state index contributed by atoms with van der Waals surface area (Å²) in [6.45, 7) is 1.73. The highest BCUT2D eigenvalue weighted by Crippen LogP contribution is 2.38. The minimum atomic E-state index is -0.358. The number of aromatic amines is 1. The highest BCUT2D eigenvalue weighted by atomic mass is 16.5. The first-order valence-corrected chi connectivity index (χ1v) is 8.16. The zero-order valence-corrected chi connectivity index (χ0v) is 14.2. The van der Waals surface area contributed by atoms with Crippen molar-refractivity contribution in [1.82, 2.24) is 15.3 Å². The van der Waals surface area contributed by atoms with E-state index in [9.17, 15) is 14.7 Å². The minimum absolute atomic E-state index is 0.116. The van der Waals surface area contributed by atoms with Gasteiger partial charge in [-0.1, -0.05) is 6.07 Å². The first-order chi connectivity index (χ1) is 12.0. The molecule has 1 fully saturated rings. The van der Waals surface area contributed by atoms with Crippen LogP contribution in [-0.2, 0) is 0 Å². The topological polar surface area (TPSA) is 104 Å². The van der Waals surface area contributed by atoms with Crippen LogP contribution in [0.15, 0.2) is 35.3 Å². The van der Waals surface area contributed by atoms with Gasteiger partial charge in [0.15, 0.2) is 5.43 Å². The number of nitrogens with one attached hydrogen (secondary N) is 2. The number of aromatic nitrogens is 2. The number of pyridine rings is 2. The predicted molar refractivity (Wildman–Crippen MR) is 91.5 cm³/mol. The molecular formula is C18H21N3O4. The van der Waals surface area contributed by atoms with Gasteiger partial charge in [0.1, 0.15) is 5.69 Å². The fraction of sp³-hybridized carbons (Fsp3) is 0.389. The van der Waals surface area contributed by atoms with Crippen LogP contribution in [-0.4, -0.2) is 34.2 Å². The van der Waals surface area contributed by atoms with Crippen LogP contribution in [0.5, 0.6) is 5.88 Å². The van der Waals surface area contributed by atoms with E-state index in [0.717, 1.165) is 5.56 Å². The Hall–Kier alpha value is -2.67. The van der Waals surface area contributed by atoms with Gasteiger partial charge in [0, 0.05) is 30.1 Å². The van der Waals surface area contributed by atoms with Crippen LogP contribution in [0.25, 0.3) is 0 Å².